The fourth-order valence-corrected chi connectivity index (χ4v) is 1.67. The zero-order chi connectivity index (χ0) is 15.2. The van der Waals surface area contributed by atoms with Crippen LogP contribution in [0.2, 0.25) is 0 Å². The second-order valence-electron chi connectivity index (χ2n) is 3.94. The van der Waals surface area contributed by atoms with Crippen molar-refractivity contribution in [2.75, 3.05) is 7.11 Å². The molecule has 8 nitrogen and oxygen atoms in total. The molecular formula is C13H12N4O4. The topological polar surface area (TPSA) is 98.8 Å². The third-order valence-electron chi connectivity index (χ3n) is 2.66. The van der Waals surface area contributed by atoms with Gasteiger partial charge in [-0.1, -0.05) is 0 Å². The number of methoxy groups -OCH3 is 1. The van der Waals surface area contributed by atoms with Gasteiger partial charge in [0.25, 0.3) is 5.69 Å². The molecular weight excluding hydrogens is 276 g/mol. The van der Waals surface area contributed by atoms with E-state index in [1.165, 1.54) is 25.5 Å². The van der Waals surface area contributed by atoms with Gasteiger partial charge in [-0.15, -0.1) is 0 Å². The van der Waals surface area contributed by atoms with Crippen LogP contribution in [0.5, 0.6) is 0 Å². The molecule has 0 unspecified atom stereocenters. The molecule has 2 aromatic rings. The summed E-state index contributed by atoms with van der Waals surface area (Å²) in [4.78, 5) is 21.0. The molecule has 21 heavy (non-hydrogen) atoms. The van der Waals surface area contributed by atoms with Crippen LogP contribution < -0.4 is 5.43 Å². The molecule has 2 rings (SSSR count). The number of carbonyl (C=O) groups excluding carboxylic acids is 1. The van der Waals surface area contributed by atoms with Gasteiger partial charge in [0.1, 0.15) is 0 Å². The van der Waals surface area contributed by atoms with Gasteiger partial charge in [-0.3, -0.25) is 10.1 Å². The summed E-state index contributed by atoms with van der Waals surface area (Å²) in [5.41, 5.74) is 3.64. The molecule has 0 bridgehead atoms. The highest BCUT2D eigenvalue weighted by molar-refractivity contribution is 5.80. The number of nitrogens with one attached hydrogen (secondary N) is 1. The van der Waals surface area contributed by atoms with Gasteiger partial charge in [0, 0.05) is 24.0 Å². The highest BCUT2D eigenvalue weighted by Crippen LogP contribution is 2.16. The van der Waals surface area contributed by atoms with Gasteiger partial charge in [0.2, 0.25) is 0 Å². The summed E-state index contributed by atoms with van der Waals surface area (Å²) >= 11 is 0. The summed E-state index contributed by atoms with van der Waals surface area (Å²) in [5, 5.41) is 14.4. The third kappa shape index (κ3) is 3.44. The van der Waals surface area contributed by atoms with Crippen LogP contribution in [0.25, 0.3) is 5.69 Å². The van der Waals surface area contributed by atoms with E-state index in [4.69, 9.17) is 0 Å². The summed E-state index contributed by atoms with van der Waals surface area (Å²) in [5.74, 6) is 0. The summed E-state index contributed by atoms with van der Waals surface area (Å²) in [6, 6.07) is 9.67. The minimum atomic E-state index is -0.667. The van der Waals surface area contributed by atoms with E-state index in [1.54, 1.807) is 35.0 Å². The van der Waals surface area contributed by atoms with Crippen LogP contribution in [0.3, 0.4) is 0 Å². The molecule has 1 aromatic heterocycles. The van der Waals surface area contributed by atoms with Gasteiger partial charge in [0.05, 0.1) is 23.9 Å². The number of rotatable bonds is 4. The average molecular weight is 288 g/mol. The Kier molecular flexibility index (Phi) is 4.30. The number of nitro benzene ring substituents is 1. The molecule has 0 aliphatic rings. The van der Waals surface area contributed by atoms with Gasteiger partial charge in [-0.2, -0.15) is 5.10 Å². The summed E-state index contributed by atoms with van der Waals surface area (Å²) in [6.45, 7) is 0. The number of hydrazone groups is 1. The van der Waals surface area contributed by atoms with Crippen molar-refractivity contribution >= 4 is 18.0 Å². The molecule has 0 spiro atoms. The van der Waals surface area contributed by atoms with Crippen molar-refractivity contribution in [3.63, 3.8) is 0 Å². The van der Waals surface area contributed by atoms with E-state index in [0.717, 1.165) is 5.69 Å². The molecule has 0 saturated heterocycles. The van der Waals surface area contributed by atoms with Crippen molar-refractivity contribution in [1.82, 2.24) is 9.99 Å². The first-order valence-corrected chi connectivity index (χ1v) is 5.91. The second kappa shape index (κ2) is 6.33. The maximum absolute atomic E-state index is 10.9. The monoisotopic (exact) mass is 288 g/mol. The molecule has 1 aromatic carbocycles. The maximum Gasteiger partial charge on any atom is 0.427 e. The number of amides is 1. The summed E-state index contributed by atoms with van der Waals surface area (Å²) < 4.78 is 6.16. The number of carbonyl (C=O) groups is 1. The fraction of sp³-hybridized carbons (Fsp3) is 0.0769. The molecule has 1 N–H and O–H groups in total. The normalized spacial score (nSPS) is 10.5. The number of hydrogen-bond donors (Lipinski definition) is 1. The summed E-state index contributed by atoms with van der Waals surface area (Å²) in [6.07, 6.45) is 2.55. The van der Waals surface area contributed by atoms with Crippen molar-refractivity contribution < 1.29 is 14.5 Å². The summed E-state index contributed by atoms with van der Waals surface area (Å²) in [7, 11) is 1.24. The van der Waals surface area contributed by atoms with E-state index in [2.05, 4.69) is 15.3 Å². The predicted molar refractivity (Wildman–Crippen MR) is 75.6 cm³/mol. The van der Waals surface area contributed by atoms with Crippen LogP contribution in [-0.2, 0) is 4.74 Å². The molecule has 0 aliphatic carbocycles. The van der Waals surface area contributed by atoms with Crippen molar-refractivity contribution in [1.29, 1.82) is 0 Å². The zero-order valence-corrected chi connectivity index (χ0v) is 11.1. The van der Waals surface area contributed by atoms with Gasteiger partial charge in [0.15, 0.2) is 0 Å². The van der Waals surface area contributed by atoms with Gasteiger partial charge in [-0.05, 0) is 24.3 Å². The molecule has 0 aliphatic heterocycles. The lowest BCUT2D eigenvalue weighted by atomic mass is 10.3. The predicted octanol–water partition coefficient (Wildman–Crippen LogP) is 2.08. The lowest BCUT2D eigenvalue weighted by Crippen LogP contribution is -2.17. The Morgan fingerprint density at radius 2 is 2.10 bits per heavy atom. The molecule has 1 heterocycles. The van der Waals surface area contributed by atoms with Crippen LogP contribution in [0.1, 0.15) is 5.69 Å². The van der Waals surface area contributed by atoms with E-state index in [1.807, 2.05) is 0 Å². The number of hydrogen-bond acceptors (Lipinski definition) is 5. The van der Waals surface area contributed by atoms with Gasteiger partial charge >= 0.3 is 6.09 Å². The third-order valence-corrected chi connectivity index (χ3v) is 2.66. The number of nitrogens with zero attached hydrogens (tertiary/aromatic N) is 3. The first kappa shape index (κ1) is 14.3. The number of benzene rings is 1. The molecule has 0 fully saturated rings. The molecule has 0 atom stereocenters. The highest BCUT2D eigenvalue weighted by Gasteiger charge is 2.06. The Morgan fingerprint density at radius 1 is 1.38 bits per heavy atom. The van der Waals surface area contributed by atoms with Crippen molar-refractivity contribution in [3.8, 4) is 5.69 Å². The van der Waals surface area contributed by atoms with Crippen molar-refractivity contribution in [3.05, 3.63) is 58.4 Å². The maximum atomic E-state index is 10.9. The minimum Gasteiger partial charge on any atom is -0.452 e. The van der Waals surface area contributed by atoms with Crippen molar-refractivity contribution in [2.45, 2.75) is 0 Å². The number of aromatic nitrogens is 1. The van der Waals surface area contributed by atoms with E-state index >= 15 is 0 Å². The van der Waals surface area contributed by atoms with Crippen LogP contribution in [0, 0.1) is 10.1 Å². The molecule has 8 heteroatoms. The minimum absolute atomic E-state index is 0.0217. The van der Waals surface area contributed by atoms with Crippen LogP contribution in [-0.4, -0.2) is 28.9 Å². The van der Waals surface area contributed by atoms with E-state index in [-0.39, 0.29) is 5.69 Å². The standard InChI is InChI=1S/C13H12N4O4/c1-21-13(18)15-14-9-12-3-2-8-16(12)10-4-6-11(7-5-10)17(19)20/h2-9H,1H3,(H,15,18)/b14-9+. The van der Waals surface area contributed by atoms with Gasteiger partial charge in [-0.25, -0.2) is 10.2 Å². The number of ether oxygens (including phenoxy) is 1. The molecule has 108 valence electrons. The SMILES string of the molecule is COC(=O)N/N=C/c1cccn1-c1ccc([N+](=O)[O-])cc1. The quantitative estimate of drug-likeness (QED) is 0.529. The molecule has 0 radical (unpaired) electrons. The lowest BCUT2D eigenvalue weighted by Gasteiger charge is -2.05. The fourth-order valence-electron chi connectivity index (χ4n) is 1.67. The van der Waals surface area contributed by atoms with E-state index in [9.17, 15) is 14.9 Å². The van der Waals surface area contributed by atoms with Crippen LogP contribution in [0.15, 0.2) is 47.7 Å². The molecule has 0 saturated carbocycles. The van der Waals surface area contributed by atoms with Crippen LogP contribution in [0.4, 0.5) is 10.5 Å². The highest BCUT2D eigenvalue weighted by atomic mass is 16.6. The Labute approximate surface area is 119 Å². The number of nitro groups is 1. The van der Waals surface area contributed by atoms with Crippen LogP contribution >= 0.6 is 0 Å². The average Bonchev–Trinajstić information content (AvgIpc) is 2.95. The lowest BCUT2D eigenvalue weighted by molar-refractivity contribution is -0.384. The number of non-ortho nitro benzene ring substituents is 1. The first-order valence-electron chi connectivity index (χ1n) is 5.91. The van der Waals surface area contributed by atoms with E-state index < -0.39 is 11.0 Å². The van der Waals surface area contributed by atoms with E-state index in [0.29, 0.717) is 5.69 Å². The zero-order valence-electron chi connectivity index (χ0n) is 11.1. The van der Waals surface area contributed by atoms with Gasteiger partial charge < -0.3 is 9.30 Å². The Hall–Kier alpha value is -3.16. The first-order chi connectivity index (χ1) is 10.1. The second-order valence-corrected chi connectivity index (χ2v) is 3.94. The Balaban J connectivity index is 2.19. The smallest absolute Gasteiger partial charge is 0.427 e. The Bertz CT molecular complexity index is 676. The Morgan fingerprint density at radius 3 is 2.71 bits per heavy atom. The largest absolute Gasteiger partial charge is 0.452 e. The molecule has 1 amide bonds. The van der Waals surface area contributed by atoms with Crippen molar-refractivity contribution in [2.24, 2.45) is 5.10 Å².